The van der Waals surface area contributed by atoms with Crippen molar-refractivity contribution in [3.63, 3.8) is 0 Å². The van der Waals surface area contributed by atoms with Crippen LogP contribution < -0.4 is 20.7 Å². The summed E-state index contributed by atoms with van der Waals surface area (Å²) < 4.78 is 11.0. The molecule has 0 radical (unpaired) electrons. The van der Waals surface area contributed by atoms with Crippen LogP contribution in [0.4, 0.5) is 4.79 Å². The molecule has 1 aromatic carbocycles. The molecule has 1 saturated heterocycles. The van der Waals surface area contributed by atoms with E-state index in [9.17, 15) is 9.59 Å². The summed E-state index contributed by atoms with van der Waals surface area (Å²) in [6.45, 7) is 11.2. The third kappa shape index (κ3) is 6.33. The van der Waals surface area contributed by atoms with Gasteiger partial charge >= 0.3 is 6.09 Å². The number of nitrogens with zero attached hydrogens (tertiary/aromatic N) is 2. The summed E-state index contributed by atoms with van der Waals surface area (Å²) in [6.07, 6.45) is 9.47. The first-order valence-electron chi connectivity index (χ1n) is 16.2. The van der Waals surface area contributed by atoms with E-state index in [4.69, 9.17) is 16.3 Å². The highest BCUT2D eigenvalue weighted by molar-refractivity contribution is 6.32. The van der Waals surface area contributed by atoms with Crippen LogP contribution in [0.3, 0.4) is 0 Å². The van der Waals surface area contributed by atoms with Crippen molar-refractivity contribution in [1.29, 1.82) is 0 Å². The minimum atomic E-state index is -0.638. The van der Waals surface area contributed by atoms with Gasteiger partial charge < -0.3 is 35.3 Å². The lowest BCUT2D eigenvalue weighted by Crippen LogP contribution is -2.40. The highest BCUT2D eigenvalue weighted by atomic mass is 35.5. The van der Waals surface area contributed by atoms with Crippen LogP contribution in [0.5, 0.6) is 5.75 Å². The number of alkyl carbamates (subject to hydrolysis) is 1. The Morgan fingerprint density at radius 1 is 1.28 bits per heavy atom. The molecule has 1 unspecified atom stereocenters. The Bertz CT molecular complexity index is 1640. The van der Waals surface area contributed by atoms with Gasteiger partial charge in [-0.15, -0.1) is 0 Å². The van der Waals surface area contributed by atoms with Gasteiger partial charge in [-0.05, 0) is 80.8 Å². The minimum Gasteiger partial charge on any atom is -0.488 e. The van der Waals surface area contributed by atoms with Crippen LogP contribution in [-0.4, -0.2) is 66.8 Å². The summed E-state index contributed by atoms with van der Waals surface area (Å²) in [6, 6.07) is 4.02. The van der Waals surface area contributed by atoms with Crippen molar-refractivity contribution in [2.45, 2.75) is 58.4 Å². The quantitative estimate of drug-likeness (QED) is 0.228. The fourth-order valence-corrected chi connectivity index (χ4v) is 7.40. The predicted molar refractivity (Wildman–Crippen MR) is 179 cm³/mol. The monoisotopic (exact) mass is 646 g/mol. The number of hydrogen-bond acceptors (Lipinski definition) is 7. The number of carbonyl (C=O) groups excluding carboxylic acids is 2. The number of rotatable bonds is 11. The number of ether oxygens (including phenoxy) is 2. The summed E-state index contributed by atoms with van der Waals surface area (Å²) in [5, 5.41) is 9.83. The highest BCUT2D eigenvalue weighted by Gasteiger charge is 2.36. The van der Waals surface area contributed by atoms with Crippen molar-refractivity contribution in [2.75, 3.05) is 39.9 Å². The van der Waals surface area contributed by atoms with Crippen LogP contribution in [0.1, 0.15) is 68.9 Å². The molecule has 4 N–H and O–H groups in total. The zero-order valence-electron chi connectivity index (χ0n) is 26.9. The molecule has 0 saturated carbocycles. The number of hydrogen-bond donors (Lipinski definition) is 4. The zero-order valence-corrected chi connectivity index (χ0v) is 27.6. The van der Waals surface area contributed by atoms with Gasteiger partial charge in [0.15, 0.2) is 5.15 Å². The number of imidazole rings is 1. The average molecular weight is 647 g/mol. The topological polar surface area (TPSA) is 121 Å². The van der Waals surface area contributed by atoms with Crippen molar-refractivity contribution < 1.29 is 19.1 Å². The molecule has 0 spiro atoms. The number of aromatic nitrogens is 2. The Hall–Kier alpha value is -4.02. The summed E-state index contributed by atoms with van der Waals surface area (Å²) in [7, 11) is 1.27. The van der Waals surface area contributed by atoms with Crippen molar-refractivity contribution >= 4 is 29.2 Å². The second-order valence-corrected chi connectivity index (χ2v) is 12.7. The number of allylic oxidation sites excluding steroid dienone is 3. The average Bonchev–Trinajstić information content (AvgIpc) is 3.71. The number of aryl methyl sites for hydroxylation is 1. The summed E-state index contributed by atoms with van der Waals surface area (Å²) >= 11 is 6.74. The minimum absolute atomic E-state index is 0.136. The van der Waals surface area contributed by atoms with Gasteiger partial charge in [0.05, 0.1) is 18.8 Å². The maximum Gasteiger partial charge on any atom is 0.407 e. The zero-order chi connectivity index (χ0) is 32.4. The molecule has 11 heteroatoms. The first-order chi connectivity index (χ1) is 22.3. The van der Waals surface area contributed by atoms with Crippen LogP contribution >= 0.6 is 11.6 Å². The van der Waals surface area contributed by atoms with E-state index in [-0.39, 0.29) is 24.4 Å². The fourth-order valence-electron chi connectivity index (χ4n) is 7.15. The Kier molecular flexibility index (Phi) is 9.56. The molecule has 46 heavy (non-hydrogen) atoms. The smallest absolute Gasteiger partial charge is 0.407 e. The van der Waals surface area contributed by atoms with E-state index in [2.05, 4.69) is 75.4 Å². The SMILES string of the molecule is C=C(CNCCC)N/C(=C\C)C1C=C2COc3cc(-c4[nH]c([C@@H]5CCCN5C(=O)CNC(=O)OC)nc4Cl)cc4c3C2=C(CC4)C1. The summed E-state index contributed by atoms with van der Waals surface area (Å²) in [4.78, 5) is 34.2. The predicted octanol–water partition coefficient (Wildman–Crippen LogP) is 5.79. The maximum absolute atomic E-state index is 12.9. The molecular weight excluding hydrogens is 604 g/mol. The number of benzene rings is 1. The first-order valence-corrected chi connectivity index (χ1v) is 16.6. The standard InChI is InChI=1S/C35H43ClN6O4/c1-5-11-37-17-20(3)39-26(6-2)23-13-21-9-10-22-14-24(16-28-31(22)30(21)25(15-23)19-46-28)32-33(36)41-34(40-32)27-8-7-12-42(27)29(43)18-38-35(44)45-4/h6,14-16,23,27,37,39H,3,5,7-13,17-19H2,1-2,4H3,(H,38,44)(H,40,41)/b26-6-/t23?,27-/m0/s1. The molecule has 2 aromatic rings. The molecule has 1 aromatic heterocycles. The van der Waals surface area contributed by atoms with Crippen LogP contribution in [0.25, 0.3) is 16.8 Å². The second-order valence-electron chi connectivity index (χ2n) is 12.3. The molecule has 2 atom stereocenters. The number of amides is 2. The van der Waals surface area contributed by atoms with E-state index >= 15 is 0 Å². The van der Waals surface area contributed by atoms with Gasteiger partial charge in [0.1, 0.15) is 24.7 Å². The van der Waals surface area contributed by atoms with Crippen LogP contribution in [0.15, 0.2) is 53.4 Å². The Morgan fingerprint density at radius 2 is 2.13 bits per heavy atom. The van der Waals surface area contributed by atoms with E-state index < -0.39 is 6.09 Å². The number of nitrogens with one attached hydrogen (secondary N) is 4. The molecule has 2 aliphatic carbocycles. The Balaban J connectivity index is 1.22. The fraction of sp³-hybridized carbons (Fsp3) is 0.457. The number of aromatic amines is 1. The molecule has 1 fully saturated rings. The third-order valence-corrected chi connectivity index (χ3v) is 9.55. The maximum atomic E-state index is 12.9. The molecule has 4 aliphatic rings. The van der Waals surface area contributed by atoms with Gasteiger partial charge in [0, 0.05) is 41.5 Å². The van der Waals surface area contributed by atoms with Gasteiger partial charge in [-0.25, -0.2) is 9.78 Å². The molecule has 244 valence electrons. The molecule has 0 bridgehead atoms. The second kappa shape index (κ2) is 13.8. The number of carbonyl (C=O) groups is 2. The van der Waals surface area contributed by atoms with E-state index in [1.165, 1.54) is 40.7 Å². The van der Waals surface area contributed by atoms with Crippen molar-refractivity contribution in [3.8, 4) is 17.0 Å². The van der Waals surface area contributed by atoms with Crippen LogP contribution in [-0.2, 0) is 16.0 Å². The number of H-pyrrole nitrogens is 1. The van der Waals surface area contributed by atoms with Crippen molar-refractivity contribution in [1.82, 2.24) is 30.8 Å². The van der Waals surface area contributed by atoms with Gasteiger partial charge in [0.25, 0.3) is 0 Å². The Labute approximate surface area is 275 Å². The summed E-state index contributed by atoms with van der Waals surface area (Å²) in [5.41, 5.74) is 10.3. The molecule has 3 heterocycles. The molecule has 6 rings (SSSR count). The lowest BCUT2D eigenvalue weighted by molar-refractivity contribution is -0.131. The largest absolute Gasteiger partial charge is 0.488 e. The normalized spacial score (nSPS) is 20.1. The molecule has 2 aliphatic heterocycles. The van der Waals surface area contributed by atoms with Gasteiger partial charge in [-0.1, -0.05) is 42.8 Å². The van der Waals surface area contributed by atoms with Gasteiger partial charge in [-0.2, -0.15) is 0 Å². The van der Waals surface area contributed by atoms with Gasteiger partial charge in [-0.3, -0.25) is 4.79 Å². The molecular formula is C35H43ClN6O4. The van der Waals surface area contributed by atoms with Crippen molar-refractivity contribution in [3.05, 3.63) is 75.5 Å². The van der Waals surface area contributed by atoms with Gasteiger partial charge in [0.2, 0.25) is 5.91 Å². The summed E-state index contributed by atoms with van der Waals surface area (Å²) in [5.74, 6) is 1.58. The van der Waals surface area contributed by atoms with E-state index in [0.717, 1.165) is 68.6 Å². The number of halogens is 1. The van der Waals surface area contributed by atoms with E-state index in [0.29, 0.717) is 29.8 Å². The highest BCUT2D eigenvalue weighted by Crippen LogP contribution is 2.51. The van der Waals surface area contributed by atoms with Crippen LogP contribution in [0.2, 0.25) is 5.15 Å². The van der Waals surface area contributed by atoms with Crippen molar-refractivity contribution in [2.24, 2.45) is 5.92 Å². The third-order valence-electron chi connectivity index (χ3n) is 9.28. The number of methoxy groups -OCH3 is 1. The lowest BCUT2D eigenvalue weighted by atomic mass is 9.72. The van der Waals surface area contributed by atoms with E-state index in [1.807, 2.05) is 0 Å². The lowest BCUT2D eigenvalue weighted by Gasteiger charge is -2.37. The van der Waals surface area contributed by atoms with E-state index in [1.54, 1.807) is 4.90 Å². The first kappa shape index (κ1) is 31.9. The molecule has 2 amide bonds. The Morgan fingerprint density at radius 3 is 2.91 bits per heavy atom. The van der Waals surface area contributed by atoms with Crippen LogP contribution in [0, 0.1) is 5.92 Å². The number of likely N-dealkylation sites (tertiary alicyclic amines) is 1. The molecule has 10 nitrogen and oxygen atoms in total.